The van der Waals surface area contributed by atoms with Gasteiger partial charge < -0.3 is 0 Å². The van der Waals surface area contributed by atoms with Gasteiger partial charge in [-0.25, -0.2) is 4.68 Å². The Labute approximate surface area is 169 Å². The number of rotatable bonds is 6. The number of piperazine rings is 1. The van der Waals surface area contributed by atoms with E-state index in [4.69, 9.17) is 17.3 Å². The lowest BCUT2D eigenvalue weighted by atomic mass is 10.2. The van der Waals surface area contributed by atoms with Crippen molar-refractivity contribution in [2.75, 3.05) is 26.2 Å². The molecule has 0 saturated carbocycles. The molecule has 0 bridgehead atoms. The summed E-state index contributed by atoms with van der Waals surface area (Å²) in [5.41, 5.74) is 1.38. The molecular weight excluding hydrogens is 374 g/mol. The SMILES string of the molecule is CCn1c(-c2cccs2)nn(CN2CCN(Cc3ccccc3)CC2)c1=S. The molecule has 0 aliphatic carbocycles. The van der Waals surface area contributed by atoms with E-state index in [1.165, 1.54) is 10.4 Å². The molecule has 0 spiro atoms. The second kappa shape index (κ2) is 8.48. The van der Waals surface area contributed by atoms with E-state index in [1.54, 1.807) is 11.3 Å². The smallest absolute Gasteiger partial charge is 0.199 e. The second-order valence-electron chi connectivity index (χ2n) is 6.85. The van der Waals surface area contributed by atoms with Gasteiger partial charge in [0.15, 0.2) is 10.6 Å². The lowest BCUT2D eigenvalue weighted by molar-refractivity contribution is 0.0980. The number of thiophene rings is 1. The Balaban J connectivity index is 1.40. The molecule has 0 radical (unpaired) electrons. The van der Waals surface area contributed by atoms with Crippen LogP contribution in [-0.2, 0) is 19.8 Å². The monoisotopic (exact) mass is 399 g/mol. The van der Waals surface area contributed by atoms with Crippen LogP contribution in [0.1, 0.15) is 12.5 Å². The largest absolute Gasteiger partial charge is 0.300 e. The number of hydrogen-bond acceptors (Lipinski definition) is 5. The molecular formula is C20H25N5S2. The van der Waals surface area contributed by atoms with Crippen LogP contribution in [0.5, 0.6) is 0 Å². The molecule has 142 valence electrons. The fourth-order valence-electron chi connectivity index (χ4n) is 3.53. The van der Waals surface area contributed by atoms with Crippen LogP contribution in [-0.4, -0.2) is 50.3 Å². The summed E-state index contributed by atoms with van der Waals surface area (Å²) in [4.78, 5) is 6.14. The number of aromatic nitrogens is 3. The first-order valence-electron chi connectivity index (χ1n) is 9.44. The maximum Gasteiger partial charge on any atom is 0.199 e. The normalized spacial score (nSPS) is 16.0. The fraction of sp³-hybridized carbons (Fsp3) is 0.400. The van der Waals surface area contributed by atoms with Crippen LogP contribution in [0.4, 0.5) is 0 Å². The third-order valence-corrected chi connectivity index (χ3v) is 6.33. The minimum atomic E-state index is 0.767. The maximum atomic E-state index is 5.70. The van der Waals surface area contributed by atoms with Gasteiger partial charge in [-0.2, -0.15) is 0 Å². The molecule has 0 N–H and O–H groups in total. The summed E-state index contributed by atoms with van der Waals surface area (Å²) >= 11 is 7.41. The van der Waals surface area contributed by atoms with Crippen LogP contribution in [0.25, 0.3) is 10.7 Å². The van der Waals surface area contributed by atoms with Crippen molar-refractivity contribution >= 4 is 23.6 Å². The summed E-state index contributed by atoms with van der Waals surface area (Å²) in [7, 11) is 0. The predicted molar refractivity (Wildman–Crippen MR) is 113 cm³/mol. The molecule has 1 aliphatic heterocycles. The van der Waals surface area contributed by atoms with Crippen molar-refractivity contribution in [1.29, 1.82) is 0 Å². The van der Waals surface area contributed by atoms with Gasteiger partial charge in [0, 0.05) is 39.3 Å². The zero-order valence-electron chi connectivity index (χ0n) is 15.6. The minimum absolute atomic E-state index is 0.767. The van der Waals surface area contributed by atoms with Gasteiger partial charge in [-0.1, -0.05) is 36.4 Å². The third-order valence-electron chi connectivity index (χ3n) is 5.03. The molecule has 1 aliphatic rings. The van der Waals surface area contributed by atoms with Gasteiger partial charge >= 0.3 is 0 Å². The Morgan fingerprint density at radius 2 is 1.74 bits per heavy atom. The quantitative estimate of drug-likeness (QED) is 0.587. The Hall–Kier alpha value is -1.80. The highest BCUT2D eigenvalue weighted by atomic mass is 32.1. The highest BCUT2D eigenvalue weighted by Crippen LogP contribution is 2.23. The highest BCUT2D eigenvalue weighted by Gasteiger charge is 2.19. The zero-order chi connectivity index (χ0) is 18.6. The van der Waals surface area contributed by atoms with Crippen LogP contribution in [0.3, 0.4) is 0 Å². The molecule has 0 amide bonds. The minimum Gasteiger partial charge on any atom is -0.300 e. The van der Waals surface area contributed by atoms with Crippen LogP contribution in [0, 0.1) is 4.77 Å². The number of benzene rings is 1. The molecule has 1 fully saturated rings. The van der Waals surface area contributed by atoms with Crippen molar-refractivity contribution in [2.45, 2.75) is 26.7 Å². The average Bonchev–Trinajstić information content (AvgIpc) is 3.33. The Kier molecular flexibility index (Phi) is 5.83. The maximum absolute atomic E-state index is 5.70. The molecule has 1 aromatic carbocycles. The van der Waals surface area contributed by atoms with E-state index in [-0.39, 0.29) is 0 Å². The first kappa shape index (κ1) is 18.6. The molecule has 2 aromatic heterocycles. The van der Waals surface area contributed by atoms with Gasteiger partial charge in [0.25, 0.3) is 0 Å². The van der Waals surface area contributed by atoms with Crippen molar-refractivity contribution in [3.63, 3.8) is 0 Å². The Morgan fingerprint density at radius 1 is 1.00 bits per heavy atom. The van der Waals surface area contributed by atoms with Crippen molar-refractivity contribution in [1.82, 2.24) is 24.1 Å². The summed E-state index contributed by atoms with van der Waals surface area (Å²) in [6.45, 7) is 9.01. The van der Waals surface area contributed by atoms with Crippen molar-refractivity contribution in [3.8, 4) is 10.7 Å². The fourth-order valence-corrected chi connectivity index (χ4v) is 4.56. The second-order valence-corrected chi connectivity index (χ2v) is 8.16. The van der Waals surface area contributed by atoms with Gasteiger partial charge in [-0.15, -0.1) is 16.4 Å². The first-order valence-corrected chi connectivity index (χ1v) is 10.7. The van der Waals surface area contributed by atoms with Crippen molar-refractivity contribution in [2.24, 2.45) is 0 Å². The van der Waals surface area contributed by atoms with Crippen LogP contribution >= 0.6 is 23.6 Å². The van der Waals surface area contributed by atoms with Crippen molar-refractivity contribution in [3.05, 3.63) is 58.2 Å². The molecule has 3 aromatic rings. The topological polar surface area (TPSA) is 29.2 Å². The first-order chi connectivity index (χ1) is 13.2. The molecule has 5 nitrogen and oxygen atoms in total. The third kappa shape index (κ3) is 4.21. The standard InChI is InChI=1S/C20H25N5S2/c1-2-24-19(18-9-6-14-27-18)21-25(20(24)26)16-23-12-10-22(11-13-23)15-17-7-4-3-5-8-17/h3-9,14H,2,10-13,15-16H2,1H3. The van der Waals surface area contributed by atoms with E-state index in [2.05, 4.69) is 69.1 Å². The van der Waals surface area contributed by atoms with E-state index in [1.807, 2.05) is 4.68 Å². The van der Waals surface area contributed by atoms with Crippen molar-refractivity contribution < 1.29 is 0 Å². The molecule has 0 unspecified atom stereocenters. The summed E-state index contributed by atoms with van der Waals surface area (Å²) in [6, 6.07) is 14.9. The van der Waals surface area contributed by atoms with Crippen LogP contribution in [0.15, 0.2) is 47.8 Å². The molecule has 27 heavy (non-hydrogen) atoms. The van der Waals surface area contributed by atoms with Crippen LogP contribution < -0.4 is 0 Å². The molecule has 1 saturated heterocycles. The highest BCUT2D eigenvalue weighted by molar-refractivity contribution is 7.71. The van der Waals surface area contributed by atoms with Gasteiger partial charge in [-0.3, -0.25) is 14.4 Å². The van der Waals surface area contributed by atoms with Gasteiger partial charge in [-0.05, 0) is 36.2 Å². The lowest BCUT2D eigenvalue weighted by Gasteiger charge is -2.34. The lowest BCUT2D eigenvalue weighted by Crippen LogP contribution is -2.46. The van der Waals surface area contributed by atoms with E-state index >= 15 is 0 Å². The van der Waals surface area contributed by atoms with E-state index < -0.39 is 0 Å². The zero-order valence-corrected chi connectivity index (χ0v) is 17.3. The summed E-state index contributed by atoms with van der Waals surface area (Å²) in [6.07, 6.45) is 0. The summed E-state index contributed by atoms with van der Waals surface area (Å²) in [5.74, 6) is 0.986. The van der Waals surface area contributed by atoms with E-state index in [0.29, 0.717) is 0 Å². The van der Waals surface area contributed by atoms with Gasteiger partial charge in [0.1, 0.15) is 0 Å². The van der Waals surface area contributed by atoms with Gasteiger partial charge in [0.2, 0.25) is 0 Å². The number of hydrogen-bond donors (Lipinski definition) is 0. The molecule has 4 rings (SSSR count). The van der Waals surface area contributed by atoms with Gasteiger partial charge in [0.05, 0.1) is 11.5 Å². The molecule has 3 heterocycles. The summed E-state index contributed by atoms with van der Waals surface area (Å²) in [5, 5.41) is 6.92. The predicted octanol–water partition coefficient (Wildman–Crippen LogP) is 3.94. The molecule has 0 atom stereocenters. The number of nitrogens with zero attached hydrogens (tertiary/aromatic N) is 5. The van der Waals surface area contributed by atoms with Crippen LogP contribution in [0.2, 0.25) is 0 Å². The van der Waals surface area contributed by atoms with E-state index in [9.17, 15) is 0 Å². The Morgan fingerprint density at radius 3 is 2.41 bits per heavy atom. The average molecular weight is 400 g/mol. The van der Waals surface area contributed by atoms with E-state index in [0.717, 1.165) is 56.5 Å². The molecule has 7 heteroatoms. The summed E-state index contributed by atoms with van der Waals surface area (Å²) < 4.78 is 4.93. The Bertz CT molecular complexity index is 906.